The van der Waals surface area contributed by atoms with Crippen molar-refractivity contribution in [1.29, 1.82) is 0 Å². The number of para-hydroxylation sites is 2. The van der Waals surface area contributed by atoms with E-state index in [4.69, 9.17) is 14.4 Å². The molecule has 2 aromatic heterocycles. The second-order valence-corrected chi connectivity index (χ2v) is 16.3. The van der Waals surface area contributed by atoms with Gasteiger partial charge < -0.3 is 14.6 Å². The molecular weight excluding hydrogens is 717 g/mol. The Morgan fingerprint density at radius 1 is 0.667 bits per heavy atom. The summed E-state index contributed by atoms with van der Waals surface area (Å²) in [5.74, 6) is 1.97. The number of hydrogen-bond donors (Lipinski definition) is 1. The summed E-state index contributed by atoms with van der Waals surface area (Å²) in [5, 5.41) is 8.32. The first-order valence-electron chi connectivity index (χ1n) is 19.7. The fraction of sp³-hybridized carbons (Fsp3) is 0.0980. The standard InChI is InChI=1S/C51H36N4OS/c1-3-13-31(14-4-1)49-52-50(32-15-5-2-6-16-32)54-51(53-49)41-21-11-20-40-47-35(19-12-24-44(47)56-48(40)41)33-25-27-38-39-28-26-34(30-46(39)57-45(38)29-33)55-42-22-9-7-17-36(42)37-18-8-10-23-43(37)55/h1-7,9-17,19-30,37,43,49H,8,18H2,(H,52,53,54). The number of nitrogens with zero attached hydrogens (tertiary/aromatic N) is 3. The first-order chi connectivity index (χ1) is 28.2. The van der Waals surface area contributed by atoms with Crippen LogP contribution in [-0.2, 0) is 0 Å². The van der Waals surface area contributed by atoms with E-state index in [9.17, 15) is 0 Å². The Bertz CT molecular complexity index is 3140. The third-order valence-electron chi connectivity index (χ3n) is 12.0. The first-order valence-corrected chi connectivity index (χ1v) is 20.6. The summed E-state index contributed by atoms with van der Waals surface area (Å²) in [5.41, 5.74) is 11.0. The molecule has 3 aliphatic rings. The summed E-state index contributed by atoms with van der Waals surface area (Å²) in [6.07, 6.45) is 6.85. The van der Waals surface area contributed by atoms with Crippen molar-refractivity contribution >= 4 is 76.5 Å². The molecule has 6 heteroatoms. The fourth-order valence-electron chi connectivity index (χ4n) is 9.38. The van der Waals surface area contributed by atoms with Crippen molar-refractivity contribution in [2.75, 3.05) is 4.90 Å². The summed E-state index contributed by atoms with van der Waals surface area (Å²) in [6, 6.07) is 56.6. The summed E-state index contributed by atoms with van der Waals surface area (Å²) < 4.78 is 9.35. The molecule has 4 heterocycles. The van der Waals surface area contributed by atoms with Crippen LogP contribution in [0.5, 0.6) is 0 Å². The van der Waals surface area contributed by atoms with Crippen LogP contribution in [0, 0.1) is 0 Å². The van der Waals surface area contributed by atoms with Crippen LogP contribution in [0.3, 0.4) is 0 Å². The molecule has 0 radical (unpaired) electrons. The third-order valence-corrected chi connectivity index (χ3v) is 13.1. The van der Waals surface area contributed by atoms with Crippen LogP contribution in [0.25, 0.3) is 53.2 Å². The predicted molar refractivity (Wildman–Crippen MR) is 237 cm³/mol. The normalized spacial score (nSPS) is 18.8. The average Bonchev–Trinajstić information content (AvgIpc) is 3.96. The van der Waals surface area contributed by atoms with Crippen LogP contribution in [0.1, 0.15) is 47.2 Å². The number of fused-ring (bicyclic) bond motifs is 9. The molecule has 2 aliphatic heterocycles. The molecule has 12 rings (SSSR count). The maximum absolute atomic E-state index is 6.76. The van der Waals surface area contributed by atoms with Gasteiger partial charge in [-0.15, -0.1) is 11.3 Å². The maximum atomic E-state index is 6.76. The molecular formula is C51H36N4OS. The molecule has 0 bridgehead atoms. The number of thiophene rings is 1. The largest absolute Gasteiger partial charge is 0.455 e. The lowest BCUT2D eigenvalue weighted by atomic mass is 9.86. The first kappa shape index (κ1) is 32.5. The van der Waals surface area contributed by atoms with Crippen molar-refractivity contribution in [3.8, 4) is 11.1 Å². The van der Waals surface area contributed by atoms with Gasteiger partial charge in [-0.05, 0) is 71.5 Å². The van der Waals surface area contributed by atoms with Crippen LogP contribution in [0.4, 0.5) is 11.4 Å². The van der Waals surface area contributed by atoms with Gasteiger partial charge in [0.2, 0.25) is 0 Å². The van der Waals surface area contributed by atoms with Crippen molar-refractivity contribution < 1.29 is 4.42 Å². The lowest BCUT2D eigenvalue weighted by Gasteiger charge is -2.30. The molecule has 272 valence electrons. The van der Waals surface area contributed by atoms with E-state index >= 15 is 0 Å². The molecule has 5 nitrogen and oxygen atoms in total. The molecule has 9 aromatic rings. The number of benzene rings is 7. The van der Waals surface area contributed by atoms with Crippen molar-refractivity contribution in [3.63, 3.8) is 0 Å². The Balaban J connectivity index is 0.958. The number of nitrogens with one attached hydrogen (secondary N) is 1. The summed E-state index contributed by atoms with van der Waals surface area (Å²) in [6.45, 7) is 0. The van der Waals surface area contributed by atoms with Gasteiger partial charge in [0.1, 0.15) is 23.2 Å². The molecule has 0 fully saturated rings. The van der Waals surface area contributed by atoms with Crippen molar-refractivity contribution in [2.24, 2.45) is 9.98 Å². The molecule has 3 unspecified atom stereocenters. The van der Waals surface area contributed by atoms with E-state index < -0.39 is 0 Å². The minimum Gasteiger partial charge on any atom is -0.455 e. The van der Waals surface area contributed by atoms with Gasteiger partial charge in [-0.3, -0.25) is 0 Å². The molecule has 1 aliphatic carbocycles. The van der Waals surface area contributed by atoms with E-state index in [0.717, 1.165) is 56.4 Å². The minimum absolute atomic E-state index is 0.291. The second-order valence-electron chi connectivity index (χ2n) is 15.2. The topological polar surface area (TPSA) is 53.1 Å². The molecule has 0 saturated heterocycles. The Labute approximate surface area is 333 Å². The van der Waals surface area contributed by atoms with Gasteiger partial charge in [0, 0.05) is 53.8 Å². The van der Waals surface area contributed by atoms with Gasteiger partial charge >= 0.3 is 0 Å². The van der Waals surface area contributed by atoms with E-state index in [1.54, 1.807) is 0 Å². The van der Waals surface area contributed by atoms with E-state index in [1.165, 1.54) is 49.1 Å². The Morgan fingerprint density at radius 3 is 2.33 bits per heavy atom. The zero-order valence-corrected chi connectivity index (χ0v) is 31.8. The lowest BCUT2D eigenvalue weighted by Crippen LogP contribution is -2.33. The summed E-state index contributed by atoms with van der Waals surface area (Å²) in [4.78, 5) is 12.8. The second kappa shape index (κ2) is 12.9. The van der Waals surface area contributed by atoms with Crippen LogP contribution in [-0.4, -0.2) is 17.7 Å². The Morgan fingerprint density at radius 2 is 1.44 bits per heavy atom. The molecule has 0 spiro atoms. The monoisotopic (exact) mass is 752 g/mol. The van der Waals surface area contributed by atoms with Gasteiger partial charge in [-0.2, -0.15) is 0 Å². The number of aliphatic imine (C=N–C) groups is 2. The fourth-order valence-corrected chi connectivity index (χ4v) is 10.6. The quantitative estimate of drug-likeness (QED) is 0.178. The Kier molecular flexibility index (Phi) is 7.35. The zero-order valence-electron chi connectivity index (χ0n) is 31.0. The van der Waals surface area contributed by atoms with E-state index in [-0.39, 0.29) is 6.17 Å². The van der Waals surface area contributed by atoms with Gasteiger partial charge in [-0.1, -0.05) is 133 Å². The maximum Gasteiger partial charge on any atom is 0.163 e. The number of rotatable bonds is 5. The van der Waals surface area contributed by atoms with Gasteiger partial charge in [0.25, 0.3) is 0 Å². The van der Waals surface area contributed by atoms with Crippen LogP contribution < -0.4 is 10.2 Å². The highest BCUT2D eigenvalue weighted by Crippen LogP contribution is 2.50. The van der Waals surface area contributed by atoms with Gasteiger partial charge in [0.15, 0.2) is 5.84 Å². The summed E-state index contributed by atoms with van der Waals surface area (Å²) >= 11 is 1.88. The zero-order chi connectivity index (χ0) is 37.5. The number of furan rings is 1. The Hall–Kier alpha value is -6.76. The SMILES string of the molecule is C1=CC2C(CC1)c1ccccc1N2c1ccc2c(c1)sc1cc(-c3cccc4oc5c(C6=NC(c7ccccc7)NC(c7ccccc7)=N6)cccc5c34)ccc12. The number of amidine groups is 2. The number of allylic oxidation sites excluding steroid dienone is 1. The molecule has 0 saturated carbocycles. The average molecular weight is 753 g/mol. The highest BCUT2D eigenvalue weighted by atomic mass is 32.1. The molecule has 3 atom stereocenters. The molecule has 1 N–H and O–H groups in total. The van der Waals surface area contributed by atoms with E-state index in [1.807, 2.05) is 47.7 Å². The number of anilines is 2. The van der Waals surface area contributed by atoms with E-state index in [2.05, 4.69) is 144 Å². The van der Waals surface area contributed by atoms with Crippen molar-refractivity contribution in [2.45, 2.75) is 31.0 Å². The van der Waals surface area contributed by atoms with Crippen LogP contribution >= 0.6 is 11.3 Å². The van der Waals surface area contributed by atoms with Crippen molar-refractivity contribution in [3.05, 3.63) is 192 Å². The molecule has 0 amide bonds. The minimum atomic E-state index is -0.291. The van der Waals surface area contributed by atoms with E-state index in [0.29, 0.717) is 17.8 Å². The van der Waals surface area contributed by atoms with Gasteiger partial charge in [-0.25, -0.2) is 9.98 Å². The van der Waals surface area contributed by atoms with Gasteiger partial charge in [0.05, 0.1) is 11.6 Å². The smallest absolute Gasteiger partial charge is 0.163 e. The third kappa shape index (κ3) is 5.21. The highest BCUT2D eigenvalue weighted by molar-refractivity contribution is 7.25. The predicted octanol–water partition coefficient (Wildman–Crippen LogP) is 13.1. The lowest BCUT2D eigenvalue weighted by molar-refractivity contribution is 0.573. The van der Waals surface area contributed by atoms with Crippen LogP contribution in [0.2, 0.25) is 0 Å². The number of hydrogen-bond acceptors (Lipinski definition) is 6. The van der Waals surface area contributed by atoms with Crippen molar-refractivity contribution in [1.82, 2.24) is 5.32 Å². The van der Waals surface area contributed by atoms with Crippen LogP contribution in [0.15, 0.2) is 184 Å². The molecule has 57 heavy (non-hydrogen) atoms. The molecule has 7 aromatic carbocycles. The highest BCUT2D eigenvalue weighted by Gasteiger charge is 2.38. The summed E-state index contributed by atoms with van der Waals surface area (Å²) in [7, 11) is 0.